The van der Waals surface area contributed by atoms with Gasteiger partial charge in [0.1, 0.15) is 11.5 Å². The lowest BCUT2D eigenvalue weighted by molar-refractivity contribution is -0.116. The van der Waals surface area contributed by atoms with Gasteiger partial charge in [-0.15, -0.1) is 0 Å². The number of imidazole rings is 1. The van der Waals surface area contributed by atoms with Crippen LogP contribution in [0.4, 0.5) is 5.69 Å². The van der Waals surface area contributed by atoms with Crippen molar-refractivity contribution in [2.24, 2.45) is 0 Å². The monoisotopic (exact) mass is 451 g/mol. The van der Waals surface area contributed by atoms with Crippen molar-refractivity contribution < 1.29 is 18.7 Å². The number of carbonyl (C=O) groups excluding carboxylic acids is 2. The highest BCUT2D eigenvalue weighted by atomic mass is 16.5. The van der Waals surface area contributed by atoms with E-state index in [1.54, 1.807) is 36.8 Å². The fourth-order valence-corrected chi connectivity index (χ4v) is 3.83. The topological polar surface area (TPSA) is 102 Å². The number of carbonyl (C=O) groups is 2. The van der Waals surface area contributed by atoms with Crippen molar-refractivity contribution >= 4 is 17.5 Å². The first-order valence-corrected chi connectivity index (χ1v) is 11.1. The van der Waals surface area contributed by atoms with Gasteiger partial charge in [0.25, 0.3) is 5.91 Å². The molecule has 1 atom stereocenters. The standard InChI is InChI=1S/C24H29N5O4/c1-18-5-6-22(33-18)21(29-11-13-32-14-12-29)16-26-24(31)19-3-2-4-20(15-19)27-23(30)7-9-28-10-8-25-17-28/h2-6,8,10,15,17,21H,7,9,11-14,16H2,1H3,(H,26,31)(H,27,30). The zero-order valence-corrected chi connectivity index (χ0v) is 18.7. The Morgan fingerprint density at radius 1 is 1.18 bits per heavy atom. The first-order valence-electron chi connectivity index (χ1n) is 11.1. The van der Waals surface area contributed by atoms with Crippen molar-refractivity contribution in [1.29, 1.82) is 0 Å². The number of ether oxygens (including phenoxy) is 1. The third-order valence-corrected chi connectivity index (χ3v) is 5.60. The molecule has 1 saturated heterocycles. The van der Waals surface area contributed by atoms with Gasteiger partial charge in [0.05, 0.1) is 25.6 Å². The maximum atomic E-state index is 12.9. The highest BCUT2D eigenvalue weighted by molar-refractivity contribution is 5.97. The lowest BCUT2D eigenvalue weighted by Gasteiger charge is -2.33. The molecule has 1 aliphatic rings. The number of morpholine rings is 1. The van der Waals surface area contributed by atoms with E-state index in [0.717, 1.165) is 24.6 Å². The van der Waals surface area contributed by atoms with Gasteiger partial charge in [-0.05, 0) is 37.3 Å². The van der Waals surface area contributed by atoms with Crippen LogP contribution in [-0.4, -0.2) is 59.1 Å². The maximum Gasteiger partial charge on any atom is 0.251 e. The van der Waals surface area contributed by atoms with Crippen LogP contribution in [0, 0.1) is 6.92 Å². The lowest BCUT2D eigenvalue weighted by Crippen LogP contribution is -2.43. The van der Waals surface area contributed by atoms with Crippen molar-refractivity contribution in [3.8, 4) is 0 Å². The number of benzene rings is 1. The van der Waals surface area contributed by atoms with Gasteiger partial charge in [0, 0.05) is 56.2 Å². The molecule has 1 aliphatic heterocycles. The second kappa shape index (κ2) is 10.9. The minimum absolute atomic E-state index is 0.0717. The van der Waals surface area contributed by atoms with Gasteiger partial charge in [-0.25, -0.2) is 4.98 Å². The number of hydrogen-bond acceptors (Lipinski definition) is 6. The summed E-state index contributed by atoms with van der Waals surface area (Å²) in [6.07, 6.45) is 5.48. The summed E-state index contributed by atoms with van der Waals surface area (Å²) in [7, 11) is 0. The van der Waals surface area contributed by atoms with Gasteiger partial charge in [-0.3, -0.25) is 14.5 Å². The summed E-state index contributed by atoms with van der Waals surface area (Å²) in [5, 5.41) is 5.88. The molecule has 0 spiro atoms. The van der Waals surface area contributed by atoms with E-state index in [1.165, 1.54) is 0 Å². The Hall–Kier alpha value is -3.43. The van der Waals surface area contributed by atoms with Crippen LogP contribution >= 0.6 is 0 Å². The predicted molar refractivity (Wildman–Crippen MR) is 123 cm³/mol. The molecule has 9 heteroatoms. The number of aryl methyl sites for hydroxylation is 2. The highest BCUT2D eigenvalue weighted by Gasteiger charge is 2.26. The second-order valence-corrected chi connectivity index (χ2v) is 8.00. The van der Waals surface area contributed by atoms with Crippen LogP contribution in [0.25, 0.3) is 0 Å². The van der Waals surface area contributed by atoms with E-state index in [2.05, 4.69) is 20.5 Å². The van der Waals surface area contributed by atoms with Gasteiger partial charge in [-0.2, -0.15) is 0 Å². The van der Waals surface area contributed by atoms with E-state index in [1.807, 2.05) is 29.8 Å². The molecule has 2 amide bonds. The van der Waals surface area contributed by atoms with Crippen LogP contribution in [0.1, 0.15) is 34.3 Å². The quantitative estimate of drug-likeness (QED) is 0.519. The number of aromatic nitrogens is 2. The third-order valence-electron chi connectivity index (χ3n) is 5.60. The van der Waals surface area contributed by atoms with Crippen LogP contribution in [0.3, 0.4) is 0 Å². The zero-order valence-electron chi connectivity index (χ0n) is 18.7. The van der Waals surface area contributed by atoms with Crippen molar-refractivity contribution in [2.75, 3.05) is 38.2 Å². The molecule has 0 radical (unpaired) electrons. The molecule has 0 bridgehead atoms. The van der Waals surface area contributed by atoms with Crippen LogP contribution in [0.5, 0.6) is 0 Å². The summed E-state index contributed by atoms with van der Waals surface area (Å²) < 4.78 is 13.2. The molecule has 0 aliphatic carbocycles. The average molecular weight is 452 g/mol. The van der Waals surface area contributed by atoms with E-state index in [0.29, 0.717) is 44.0 Å². The minimum Gasteiger partial charge on any atom is -0.465 e. The second-order valence-electron chi connectivity index (χ2n) is 8.00. The average Bonchev–Trinajstić information content (AvgIpc) is 3.51. The first-order chi connectivity index (χ1) is 16.1. The molecule has 3 aromatic rings. The summed E-state index contributed by atoms with van der Waals surface area (Å²) >= 11 is 0. The van der Waals surface area contributed by atoms with Crippen LogP contribution in [0.2, 0.25) is 0 Å². The van der Waals surface area contributed by atoms with Gasteiger partial charge < -0.3 is 24.4 Å². The number of hydrogen-bond donors (Lipinski definition) is 2. The van der Waals surface area contributed by atoms with E-state index < -0.39 is 0 Å². The van der Waals surface area contributed by atoms with Crippen molar-refractivity contribution in [1.82, 2.24) is 19.8 Å². The van der Waals surface area contributed by atoms with E-state index >= 15 is 0 Å². The summed E-state index contributed by atoms with van der Waals surface area (Å²) in [5.41, 5.74) is 1.07. The predicted octanol–water partition coefficient (Wildman–Crippen LogP) is 2.62. The lowest BCUT2D eigenvalue weighted by atomic mass is 10.1. The Bertz CT molecular complexity index is 1060. The largest absolute Gasteiger partial charge is 0.465 e. The summed E-state index contributed by atoms with van der Waals surface area (Å²) in [6.45, 7) is 5.74. The number of nitrogens with one attached hydrogen (secondary N) is 2. The molecule has 0 saturated carbocycles. The molecule has 1 fully saturated rings. The Morgan fingerprint density at radius 2 is 2.03 bits per heavy atom. The molecular formula is C24H29N5O4. The first kappa shape index (κ1) is 22.8. The van der Waals surface area contributed by atoms with Gasteiger partial charge >= 0.3 is 0 Å². The van der Waals surface area contributed by atoms with E-state index in [9.17, 15) is 9.59 Å². The SMILES string of the molecule is Cc1ccc(C(CNC(=O)c2cccc(NC(=O)CCn3ccnc3)c2)N2CCOCC2)o1. The minimum atomic E-state index is -0.203. The fourth-order valence-electron chi connectivity index (χ4n) is 3.83. The van der Waals surface area contributed by atoms with E-state index in [-0.39, 0.29) is 17.9 Å². The smallest absolute Gasteiger partial charge is 0.251 e. The molecule has 33 heavy (non-hydrogen) atoms. The summed E-state index contributed by atoms with van der Waals surface area (Å²) in [4.78, 5) is 31.4. The van der Waals surface area contributed by atoms with Gasteiger partial charge in [0.15, 0.2) is 0 Å². The van der Waals surface area contributed by atoms with Gasteiger partial charge in [-0.1, -0.05) is 6.07 Å². The number of furan rings is 1. The third kappa shape index (κ3) is 6.30. The van der Waals surface area contributed by atoms with Gasteiger partial charge in [0.2, 0.25) is 5.91 Å². The Balaban J connectivity index is 1.35. The normalized spacial score (nSPS) is 15.2. The van der Waals surface area contributed by atoms with Crippen LogP contribution < -0.4 is 10.6 Å². The number of nitrogens with zero attached hydrogens (tertiary/aromatic N) is 3. The molecule has 1 unspecified atom stereocenters. The van der Waals surface area contributed by atoms with Crippen molar-refractivity contribution in [3.63, 3.8) is 0 Å². The fraction of sp³-hybridized carbons (Fsp3) is 0.375. The maximum absolute atomic E-state index is 12.9. The molecule has 4 rings (SSSR count). The highest BCUT2D eigenvalue weighted by Crippen LogP contribution is 2.23. The molecule has 2 N–H and O–H groups in total. The number of rotatable bonds is 9. The molecular weight excluding hydrogens is 422 g/mol. The Labute approximate surface area is 192 Å². The summed E-state index contributed by atoms with van der Waals surface area (Å²) in [5.74, 6) is 1.34. The van der Waals surface area contributed by atoms with E-state index in [4.69, 9.17) is 9.15 Å². The molecule has 1 aromatic carbocycles. The molecule has 3 heterocycles. The van der Waals surface area contributed by atoms with Crippen LogP contribution in [-0.2, 0) is 16.1 Å². The molecule has 9 nitrogen and oxygen atoms in total. The Morgan fingerprint density at radius 3 is 2.76 bits per heavy atom. The Kier molecular flexibility index (Phi) is 7.54. The number of amides is 2. The van der Waals surface area contributed by atoms with Crippen molar-refractivity contribution in [3.05, 3.63) is 72.2 Å². The van der Waals surface area contributed by atoms with Crippen molar-refractivity contribution in [2.45, 2.75) is 25.9 Å². The summed E-state index contributed by atoms with van der Waals surface area (Å²) in [6, 6.07) is 10.8. The molecule has 174 valence electrons. The zero-order chi connectivity index (χ0) is 23.0. The number of anilines is 1. The molecule has 2 aromatic heterocycles. The van der Waals surface area contributed by atoms with Crippen LogP contribution in [0.15, 0.2) is 59.5 Å².